The topological polar surface area (TPSA) is 68.0 Å². The highest BCUT2D eigenvalue weighted by molar-refractivity contribution is 9.10. The number of nitrogens with one attached hydrogen (secondary N) is 1. The van der Waals surface area contributed by atoms with Gasteiger partial charge in [0, 0.05) is 22.9 Å². The van der Waals surface area contributed by atoms with Crippen LogP contribution in [0, 0.1) is 5.82 Å². The van der Waals surface area contributed by atoms with E-state index in [-0.39, 0.29) is 24.2 Å². The number of benzene rings is 2. The average molecular weight is 418 g/mol. The minimum absolute atomic E-state index is 0.134. The van der Waals surface area contributed by atoms with Gasteiger partial charge in [0.15, 0.2) is 0 Å². The molecule has 0 spiro atoms. The maximum Gasteiger partial charge on any atom is 0.227 e. The van der Waals surface area contributed by atoms with E-state index in [9.17, 15) is 9.18 Å². The fourth-order valence-electron chi connectivity index (χ4n) is 2.44. The maximum atomic E-state index is 13.0. The predicted molar refractivity (Wildman–Crippen MR) is 98.7 cm³/mol. The average Bonchev–Trinajstić information content (AvgIpc) is 3.10. The summed E-state index contributed by atoms with van der Waals surface area (Å²) in [6, 6.07) is 13.4. The molecular weight excluding hydrogens is 401 g/mol. The van der Waals surface area contributed by atoms with Crippen LogP contribution in [0.25, 0.3) is 11.4 Å². The van der Waals surface area contributed by atoms with Crippen molar-refractivity contribution in [3.05, 3.63) is 70.3 Å². The van der Waals surface area contributed by atoms with Crippen molar-refractivity contribution in [2.75, 3.05) is 0 Å². The standard InChI is InChI=1S/C19H17BrFN3O2/c1-12(13-4-8-16(21)9-5-13)22-17(25)10-11-18-23-19(24-26-18)14-2-6-15(20)7-3-14/h2-9,12H,10-11H2,1H3,(H,22,25)/t12-/m1/s1. The van der Waals surface area contributed by atoms with E-state index in [1.165, 1.54) is 12.1 Å². The minimum Gasteiger partial charge on any atom is -0.350 e. The summed E-state index contributed by atoms with van der Waals surface area (Å²) in [5, 5.41) is 6.82. The Balaban J connectivity index is 1.53. The molecule has 1 N–H and O–H groups in total. The van der Waals surface area contributed by atoms with E-state index in [0.29, 0.717) is 18.1 Å². The molecule has 0 fully saturated rings. The summed E-state index contributed by atoms with van der Waals surface area (Å²) in [7, 11) is 0. The molecule has 134 valence electrons. The molecule has 0 aliphatic rings. The molecule has 0 unspecified atom stereocenters. The molecule has 1 amide bonds. The van der Waals surface area contributed by atoms with Gasteiger partial charge in [0.25, 0.3) is 0 Å². The number of hydrogen-bond acceptors (Lipinski definition) is 4. The molecule has 0 saturated heterocycles. The fraction of sp³-hybridized carbons (Fsp3) is 0.211. The summed E-state index contributed by atoms with van der Waals surface area (Å²) >= 11 is 3.38. The van der Waals surface area contributed by atoms with Crippen LogP contribution in [0.4, 0.5) is 4.39 Å². The minimum atomic E-state index is -0.301. The van der Waals surface area contributed by atoms with Gasteiger partial charge in [-0.05, 0) is 48.9 Å². The largest absolute Gasteiger partial charge is 0.350 e. The lowest BCUT2D eigenvalue weighted by Gasteiger charge is -2.13. The summed E-state index contributed by atoms with van der Waals surface area (Å²) in [5.41, 5.74) is 1.69. The number of hydrogen-bond donors (Lipinski definition) is 1. The number of amides is 1. The fourth-order valence-corrected chi connectivity index (χ4v) is 2.71. The molecule has 1 atom stereocenters. The zero-order valence-corrected chi connectivity index (χ0v) is 15.7. The predicted octanol–water partition coefficient (Wildman–Crippen LogP) is 4.45. The zero-order chi connectivity index (χ0) is 18.5. The van der Waals surface area contributed by atoms with Crippen LogP contribution in [0.3, 0.4) is 0 Å². The van der Waals surface area contributed by atoms with E-state index in [1.54, 1.807) is 12.1 Å². The molecule has 26 heavy (non-hydrogen) atoms. The van der Waals surface area contributed by atoms with Gasteiger partial charge in [0.2, 0.25) is 17.6 Å². The summed E-state index contributed by atoms with van der Waals surface area (Å²) in [6.07, 6.45) is 0.582. The van der Waals surface area contributed by atoms with E-state index in [1.807, 2.05) is 31.2 Å². The van der Waals surface area contributed by atoms with Crippen molar-refractivity contribution < 1.29 is 13.7 Å². The lowest BCUT2D eigenvalue weighted by molar-refractivity contribution is -0.121. The van der Waals surface area contributed by atoms with Crippen molar-refractivity contribution in [2.24, 2.45) is 0 Å². The first-order valence-corrected chi connectivity index (χ1v) is 8.94. The highest BCUT2D eigenvalue weighted by Gasteiger charge is 2.13. The number of aryl methyl sites for hydroxylation is 1. The molecule has 5 nitrogen and oxygen atoms in total. The van der Waals surface area contributed by atoms with Crippen LogP contribution >= 0.6 is 15.9 Å². The van der Waals surface area contributed by atoms with Crippen molar-refractivity contribution in [3.63, 3.8) is 0 Å². The van der Waals surface area contributed by atoms with Gasteiger partial charge in [-0.15, -0.1) is 0 Å². The van der Waals surface area contributed by atoms with Crippen LogP contribution in [0.15, 0.2) is 57.5 Å². The zero-order valence-electron chi connectivity index (χ0n) is 14.1. The highest BCUT2D eigenvalue weighted by atomic mass is 79.9. The van der Waals surface area contributed by atoms with Gasteiger partial charge in [-0.2, -0.15) is 4.98 Å². The monoisotopic (exact) mass is 417 g/mol. The number of carbonyl (C=O) groups is 1. The van der Waals surface area contributed by atoms with Gasteiger partial charge in [-0.3, -0.25) is 4.79 Å². The second-order valence-corrected chi connectivity index (χ2v) is 6.78. The van der Waals surface area contributed by atoms with Crippen LogP contribution in [0.2, 0.25) is 0 Å². The molecule has 0 saturated carbocycles. The van der Waals surface area contributed by atoms with Gasteiger partial charge in [0.1, 0.15) is 5.82 Å². The molecule has 7 heteroatoms. The smallest absolute Gasteiger partial charge is 0.227 e. The number of nitrogens with zero attached hydrogens (tertiary/aromatic N) is 2. The Morgan fingerprint density at radius 3 is 2.58 bits per heavy atom. The van der Waals surface area contributed by atoms with Crippen molar-refractivity contribution in [1.82, 2.24) is 15.5 Å². The van der Waals surface area contributed by atoms with E-state index >= 15 is 0 Å². The first-order chi connectivity index (χ1) is 12.5. The third-order valence-electron chi connectivity index (χ3n) is 3.88. The first kappa shape index (κ1) is 18.3. The number of rotatable bonds is 6. The molecule has 1 heterocycles. The Morgan fingerprint density at radius 1 is 1.19 bits per heavy atom. The van der Waals surface area contributed by atoms with Gasteiger partial charge in [-0.1, -0.05) is 33.2 Å². The second kappa shape index (κ2) is 8.23. The molecule has 0 aliphatic heterocycles. The molecule has 3 rings (SSSR count). The third kappa shape index (κ3) is 4.76. The van der Waals surface area contributed by atoms with Crippen LogP contribution in [-0.4, -0.2) is 16.0 Å². The lowest BCUT2D eigenvalue weighted by atomic mass is 10.1. The van der Waals surface area contributed by atoms with Gasteiger partial charge < -0.3 is 9.84 Å². The van der Waals surface area contributed by atoms with Gasteiger partial charge in [0.05, 0.1) is 6.04 Å². The highest BCUT2D eigenvalue weighted by Crippen LogP contribution is 2.19. The van der Waals surface area contributed by atoms with E-state index in [4.69, 9.17) is 4.52 Å². The summed E-state index contributed by atoms with van der Waals surface area (Å²) < 4.78 is 19.1. The van der Waals surface area contributed by atoms with Gasteiger partial charge in [-0.25, -0.2) is 4.39 Å². The second-order valence-electron chi connectivity index (χ2n) is 5.86. The van der Waals surface area contributed by atoms with Gasteiger partial charge >= 0.3 is 0 Å². The SMILES string of the molecule is C[C@@H](NC(=O)CCc1nc(-c2ccc(Br)cc2)no1)c1ccc(F)cc1. The Kier molecular flexibility index (Phi) is 5.78. The Hall–Kier alpha value is -2.54. The molecule has 0 bridgehead atoms. The quantitative estimate of drug-likeness (QED) is 0.643. The molecule has 2 aromatic carbocycles. The van der Waals surface area contributed by atoms with Crippen LogP contribution in [0.1, 0.15) is 30.8 Å². The Labute approximate surface area is 158 Å². The van der Waals surface area contributed by atoms with Crippen molar-refractivity contribution in [2.45, 2.75) is 25.8 Å². The maximum absolute atomic E-state index is 13.0. The molecule has 3 aromatic rings. The molecule has 0 radical (unpaired) electrons. The number of carbonyl (C=O) groups excluding carboxylic acids is 1. The van der Waals surface area contributed by atoms with Crippen molar-refractivity contribution >= 4 is 21.8 Å². The van der Waals surface area contributed by atoms with Crippen molar-refractivity contribution in [1.29, 1.82) is 0 Å². The molecule has 1 aromatic heterocycles. The van der Waals surface area contributed by atoms with Crippen LogP contribution in [-0.2, 0) is 11.2 Å². The van der Waals surface area contributed by atoms with Crippen LogP contribution < -0.4 is 5.32 Å². The summed E-state index contributed by atoms with van der Waals surface area (Å²) in [4.78, 5) is 16.4. The first-order valence-electron chi connectivity index (χ1n) is 8.14. The molecular formula is C19H17BrFN3O2. The van der Waals surface area contributed by atoms with Crippen LogP contribution in [0.5, 0.6) is 0 Å². The number of aromatic nitrogens is 2. The third-order valence-corrected chi connectivity index (χ3v) is 4.41. The normalized spacial score (nSPS) is 12.0. The van der Waals surface area contributed by atoms with Crippen molar-refractivity contribution in [3.8, 4) is 11.4 Å². The number of halogens is 2. The Morgan fingerprint density at radius 2 is 1.88 bits per heavy atom. The molecule has 0 aliphatic carbocycles. The van der Waals surface area contributed by atoms with E-state index in [0.717, 1.165) is 15.6 Å². The summed E-state index contributed by atoms with van der Waals surface area (Å²) in [6.45, 7) is 1.85. The van der Waals surface area contributed by atoms with E-state index in [2.05, 4.69) is 31.4 Å². The summed E-state index contributed by atoms with van der Waals surface area (Å²) in [5.74, 6) is 0.468. The lowest BCUT2D eigenvalue weighted by Crippen LogP contribution is -2.26. The Bertz CT molecular complexity index is 879. The van der Waals surface area contributed by atoms with E-state index < -0.39 is 0 Å².